The maximum atomic E-state index is 12.5. The first-order valence-electron chi connectivity index (χ1n) is 10.3. The van der Waals surface area contributed by atoms with E-state index in [1.165, 1.54) is 0 Å². The van der Waals surface area contributed by atoms with Crippen molar-refractivity contribution < 1.29 is 19.1 Å². The first-order valence-corrected chi connectivity index (χ1v) is 10.7. The normalized spacial score (nSPS) is 11.3. The van der Waals surface area contributed by atoms with Crippen LogP contribution in [0.4, 0.5) is 11.4 Å². The van der Waals surface area contributed by atoms with Crippen LogP contribution in [0.1, 0.15) is 30.6 Å². The summed E-state index contributed by atoms with van der Waals surface area (Å²) >= 11 is 6.07. The Bertz CT molecular complexity index is 1070. The monoisotopic (exact) mass is 452 g/mol. The van der Waals surface area contributed by atoms with Crippen LogP contribution in [0.2, 0.25) is 5.02 Å². The van der Waals surface area contributed by atoms with Crippen molar-refractivity contribution in [1.29, 1.82) is 0 Å². The van der Waals surface area contributed by atoms with Gasteiger partial charge in [-0.3, -0.25) is 9.59 Å². The van der Waals surface area contributed by atoms with Crippen LogP contribution >= 0.6 is 11.6 Å². The number of rotatable bonds is 9. The van der Waals surface area contributed by atoms with Gasteiger partial charge in [0.05, 0.1) is 11.6 Å². The molecule has 3 aromatic carbocycles. The second-order valence-electron chi connectivity index (χ2n) is 7.09. The molecule has 3 rings (SSSR count). The fourth-order valence-corrected chi connectivity index (χ4v) is 3.00. The zero-order chi connectivity index (χ0) is 22.9. The van der Waals surface area contributed by atoms with Crippen LogP contribution < -0.4 is 20.1 Å². The van der Waals surface area contributed by atoms with E-state index in [-0.39, 0.29) is 11.8 Å². The number of anilines is 2. The Labute approximate surface area is 192 Å². The van der Waals surface area contributed by atoms with Gasteiger partial charge in [0.1, 0.15) is 11.5 Å². The van der Waals surface area contributed by atoms with Gasteiger partial charge in [-0.25, -0.2) is 0 Å². The Kier molecular flexibility index (Phi) is 8.11. The smallest absolute Gasteiger partial charge is 0.265 e. The van der Waals surface area contributed by atoms with Crippen molar-refractivity contribution in [2.24, 2.45) is 0 Å². The van der Waals surface area contributed by atoms with Gasteiger partial charge in [-0.1, -0.05) is 36.7 Å². The van der Waals surface area contributed by atoms with E-state index < -0.39 is 6.10 Å². The molecule has 3 aromatic rings. The van der Waals surface area contributed by atoms with Crippen molar-refractivity contribution in [3.63, 3.8) is 0 Å². The molecule has 0 saturated carbocycles. The molecule has 0 heterocycles. The summed E-state index contributed by atoms with van der Waals surface area (Å²) in [5.41, 5.74) is 1.69. The number of hydrogen-bond acceptors (Lipinski definition) is 4. The molecule has 6 nitrogen and oxygen atoms in total. The molecule has 2 amide bonds. The molecular weight excluding hydrogens is 428 g/mol. The third kappa shape index (κ3) is 6.49. The highest BCUT2D eigenvalue weighted by Gasteiger charge is 2.16. The SMILES string of the molecule is CCCOc1cccc(C(=O)Nc2ccc(NC(=O)C(C)Oc3ccccc3Cl)cc2)c1. The van der Waals surface area contributed by atoms with Gasteiger partial charge in [0.25, 0.3) is 11.8 Å². The first kappa shape index (κ1) is 23.2. The number of halogens is 1. The number of nitrogens with one attached hydrogen (secondary N) is 2. The molecule has 0 fully saturated rings. The predicted octanol–water partition coefficient (Wildman–Crippen LogP) is 5.79. The van der Waals surface area contributed by atoms with E-state index in [4.69, 9.17) is 21.1 Å². The summed E-state index contributed by atoms with van der Waals surface area (Å²) in [6.45, 7) is 4.27. The van der Waals surface area contributed by atoms with E-state index >= 15 is 0 Å². The van der Waals surface area contributed by atoms with E-state index in [0.717, 1.165) is 6.42 Å². The Morgan fingerprint density at radius 1 is 0.938 bits per heavy atom. The van der Waals surface area contributed by atoms with Gasteiger partial charge in [0.2, 0.25) is 0 Å². The molecule has 0 radical (unpaired) electrons. The second-order valence-corrected chi connectivity index (χ2v) is 7.49. The van der Waals surface area contributed by atoms with Crippen LogP contribution in [-0.2, 0) is 4.79 Å². The fraction of sp³-hybridized carbons (Fsp3) is 0.200. The van der Waals surface area contributed by atoms with E-state index in [1.807, 2.05) is 13.0 Å². The molecular formula is C25H25ClN2O4. The zero-order valence-electron chi connectivity index (χ0n) is 17.9. The molecule has 0 aliphatic heterocycles. The summed E-state index contributed by atoms with van der Waals surface area (Å²) < 4.78 is 11.2. The van der Waals surface area contributed by atoms with Crippen LogP contribution in [0, 0.1) is 0 Å². The highest BCUT2D eigenvalue weighted by atomic mass is 35.5. The molecule has 0 saturated heterocycles. The van der Waals surface area contributed by atoms with Gasteiger partial charge in [0, 0.05) is 16.9 Å². The fourth-order valence-electron chi connectivity index (χ4n) is 2.82. The lowest BCUT2D eigenvalue weighted by atomic mass is 10.2. The standard InChI is InChI=1S/C25H25ClN2O4/c1-3-15-31-21-8-6-7-18(16-21)25(30)28-20-13-11-19(12-14-20)27-24(29)17(2)32-23-10-5-4-9-22(23)26/h4-14,16-17H,3,15H2,1-2H3,(H,27,29)(H,28,30). The molecule has 0 spiro atoms. The number of amides is 2. The van der Waals surface area contributed by atoms with Crippen molar-refractivity contribution in [2.45, 2.75) is 26.4 Å². The number of hydrogen-bond donors (Lipinski definition) is 2. The van der Waals surface area contributed by atoms with Crippen LogP contribution in [0.3, 0.4) is 0 Å². The van der Waals surface area contributed by atoms with Crippen molar-refractivity contribution in [2.75, 3.05) is 17.2 Å². The van der Waals surface area contributed by atoms with Crippen molar-refractivity contribution in [3.05, 3.63) is 83.4 Å². The molecule has 32 heavy (non-hydrogen) atoms. The molecule has 1 unspecified atom stereocenters. The summed E-state index contributed by atoms with van der Waals surface area (Å²) in [4.78, 5) is 25.0. The predicted molar refractivity (Wildman–Crippen MR) is 127 cm³/mol. The molecule has 0 aromatic heterocycles. The minimum atomic E-state index is -0.739. The Hall–Kier alpha value is -3.51. The minimum Gasteiger partial charge on any atom is -0.494 e. The van der Waals surface area contributed by atoms with Crippen molar-refractivity contribution in [1.82, 2.24) is 0 Å². The molecule has 7 heteroatoms. The van der Waals surface area contributed by atoms with Crippen LogP contribution in [0.5, 0.6) is 11.5 Å². The number of para-hydroxylation sites is 1. The van der Waals surface area contributed by atoms with E-state index in [9.17, 15) is 9.59 Å². The van der Waals surface area contributed by atoms with Crippen LogP contribution in [0.25, 0.3) is 0 Å². The Morgan fingerprint density at radius 3 is 2.31 bits per heavy atom. The lowest BCUT2D eigenvalue weighted by Crippen LogP contribution is -2.30. The molecule has 0 aliphatic rings. The number of carbonyl (C=O) groups is 2. The maximum absolute atomic E-state index is 12.5. The number of ether oxygens (including phenoxy) is 2. The lowest BCUT2D eigenvalue weighted by Gasteiger charge is -2.16. The van der Waals surface area contributed by atoms with Crippen LogP contribution in [0.15, 0.2) is 72.8 Å². The molecule has 0 bridgehead atoms. The number of carbonyl (C=O) groups excluding carboxylic acids is 2. The van der Waals surface area contributed by atoms with Crippen molar-refractivity contribution >= 4 is 34.8 Å². The van der Waals surface area contributed by atoms with Crippen LogP contribution in [-0.4, -0.2) is 24.5 Å². The average Bonchev–Trinajstić information content (AvgIpc) is 2.80. The third-order valence-electron chi connectivity index (χ3n) is 4.49. The molecule has 0 aliphatic carbocycles. The van der Waals surface area contributed by atoms with E-state index in [0.29, 0.717) is 40.1 Å². The molecule has 166 valence electrons. The van der Waals surface area contributed by atoms with Gasteiger partial charge < -0.3 is 20.1 Å². The third-order valence-corrected chi connectivity index (χ3v) is 4.80. The second kappa shape index (κ2) is 11.2. The lowest BCUT2D eigenvalue weighted by molar-refractivity contribution is -0.122. The molecule has 2 N–H and O–H groups in total. The Balaban J connectivity index is 1.56. The summed E-state index contributed by atoms with van der Waals surface area (Å²) in [7, 11) is 0. The molecule has 1 atom stereocenters. The first-order chi connectivity index (χ1) is 15.5. The van der Waals surface area contributed by atoms with Gasteiger partial charge in [-0.05, 0) is 67.9 Å². The summed E-state index contributed by atoms with van der Waals surface area (Å²) in [5, 5.41) is 6.06. The van der Waals surface area contributed by atoms with Gasteiger partial charge in [0.15, 0.2) is 6.10 Å². The maximum Gasteiger partial charge on any atom is 0.265 e. The average molecular weight is 453 g/mol. The Morgan fingerprint density at radius 2 is 1.62 bits per heavy atom. The quantitative estimate of drug-likeness (QED) is 0.431. The van der Waals surface area contributed by atoms with Gasteiger partial charge in [-0.2, -0.15) is 0 Å². The van der Waals surface area contributed by atoms with E-state index in [1.54, 1.807) is 73.7 Å². The summed E-state index contributed by atoms with van der Waals surface area (Å²) in [6, 6.07) is 20.8. The highest BCUT2D eigenvalue weighted by Crippen LogP contribution is 2.24. The number of benzene rings is 3. The largest absolute Gasteiger partial charge is 0.494 e. The summed E-state index contributed by atoms with van der Waals surface area (Å²) in [5.74, 6) is 0.542. The summed E-state index contributed by atoms with van der Waals surface area (Å²) in [6.07, 6.45) is 0.154. The minimum absolute atomic E-state index is 0.245. The zero-order valence-corrected chi connectivity index (χ0v) is 18.7. The van der Waals surface area contributed by atoms with Crippen molar-refractivity contribution in [3.8, 4) is 11.5 Å². The van der Waals surface area contributed by atoms with E-state index in [2.05, 4.69) is 10.6 Å². The van der Waals surface area contributed by atoms with Gasteiger partial charge >= 0.3 is 0 Å². The highest BCUT2D eigenvalue weighted by molar-refractivity contribution is 6.32. The van der Waals surface area contributed by atoms with Gasteiger partial charge in [-0.15, -0.1) is 0 Å². The topological polar surface area (TPSA) is 76.7 Å².